The lowest BCUT2D eigenvalue weighted by Gasteiger charge is -2.06. The van der Waals surface area contributed by atoms with Crippen LogP contribution in [0.1, 0.15) is 36.3 Å². The first kappa shape index (κ1) is 17.8. The number of fused-ring (bicyclic) bond motifs is 1. The Labute approximate surface area is 147 Å². The van der Waals surface area contributed by atoms with Crippen LogP contribution in [0.4, 0.5) is 0 Å². The van der Waals surface area contributed by atoms with Crippen molar-refractivity contribution in [1.29, 1.82) is 0 Å². The van der Waals surface area contributed by atoms with Gasteiger partial charge in [-0.25, -0.2) is 4.79 Å². The minimum absolute atomic E-state index is 0.189. The molecule has 0 aliphatic rings. The van der Waals surface area contributed by atoms with Crippen molar-refractivity contribution in [1.82, 2.24) is 3.59 Å². The Morgan fingerprint density at radius 3 is 2.57 bits per heavy atom. The summed E-state index contributed by atoms with van der Waals surface area (Å²) in [5.74, 6) is -0.748. The van der Waals surface area contributed by atoms with Crippen LogP contribution in [-0.4, -0.2) is 28.7 Å². The zero-order valence-electron chi connectivity index (χ0n) is 12.9. The van der Waals surface area contributed by atoms with Gasteiger partial charge in [0.2, 0.25) is 0 Å². The molecule has 0 atom stereocenters. The molecule has 23 heavy (non-hydrogen) atoms. The van der Waals surface area contributed by atoms with E-state index in [2.05, 4.69) is 16.1 Å². The van der Waals surface area contributed by atoms with Gasteiger partial charge in [0.15, 0.2) is 0 Å². The summed E-state index contributed by atoms with van der Waals surface area (Å²) in [7, 11) is 0. The molecule has 1 aromatic carbocycles. The number of carbonyl (C=O) groups excluding carboxylic acids is 2. The largest absolute Gasteiger partial charge is 0.466 e. The molecule has 7 heteroatoms. The SMILES string of the molecule is CCOC(=O)CCc1c(C(=O)OCC)n(Br)c2cc(Cl)ccc12. The second kappa shape index (κ2) is 7.84. The molecule has 0 saturated carbocycles. The molecule has 2 aromatic rings. The third-order valence-corrected chi connectivity index (χ3v) is 4.30. The molecule has 0 spiro atoms. The topological polar surface area (TPSA) is 57.5 Å². The van der Waals surface area contributed by atoms with E-state index in [-0.39, 0.29) is 19.0 Å². The Bertz CT molecular complexity index is 741. The summed E-state index contributed by atoms with van der Waals surface area (Å²) < 4.78 is 11.7. The molecular formula is C16H17BrClNO4. The van der Waals surface area contributed by atoms with Crippen LogP contribution in [0.5, 0.6) is 0 Å². The monoisotopic (exact) mass is 401 g/mol. The highest BCUT2D eigenvalue weighted by atomic mass is 79.9. The Kier molecular flexibility index (Phi) is 6.07. The maximum atomic E-state index is 12.3. The lowest BCUT2D eigenvalue weighted by Crippen LogP contribution is -2.12. The van der Waals surface area contributed by atoms with Crippen LogP contribution in [0.3, 0.4) is 0 Å². The number of benzene rings is 1. The van der Waals surface area contributed by atoms with Crippen LogP contribution in [-0.2, 0) is 20.7 Å². The molecule has 0 fully saturated rings. The summed E-state index contributed by atoms with van der Waals surface area (Å²) in [5.41, 5.74) is 1.85. The Balaban J connectivity index is 2.48. The summed E-state index contributed by atoms with van der Waals surface area (Å²) in [6, 6.07) is 5.33. The number of hydrogen-bond acceptors (Lipinski definition) is 4. The fourth-order valence-corrected chi connectivity index (χ4v) is 3.22. The second-order valence-electron chi connectivity index (χ2n) is 4.79. The first-order valence-corrected chi connectivity index (χ1v) is 8.40. The summed E-state index contributed by atoms with van der Waals surface area (Å²) in [5, 5.41) is 1.40. The predicted octanol–water partition coefficient (Wildman–Crippen LogP) is 4.13. The molecule has 5 nitrogen and oxygen atoms in total. The predicted molar refractivity (Wildman–Crippen MR) is 92.2 cm³/mol. The van der Waals surface area contributed by atoms with Crippen molar-refractivity contribution in [3.63, 3.8) is 0 Å². The van der Waals surface area contributed by atoms with E-state index in [1.54, 1.807) is 29.6 Å². The van der Waals surface area contributed by atoms with E-state index >= 15 is 0 Å². The summed E-state index contributed by atoms with van der Waals surface area (Å²) in [6.07, 6.45) is 0.568. The number of aryl methyl sites for hydroxylation is 1. The molecule has 0 N–H and O–H groups in total. The molecule has 1 heterocycles. The smallest absolute Gasteiger partial charge is 0.356 e. The van der Waals surface area contributed by atoms with Gasteiger partial charge >= 0.3 is 11.9 Å². The number of esters is 2. The second-order valence-corrected chi connectivity index (χ2v) is 5.94. The first-order valence-electron chi connectivity index (χ1n) is 7.31. The van der Waals surface area contributed by atoms with E-state index in [0.29, 0.717) is 23.7 Å². The molecular weight excluding hydrogens is 386 g/mol. The average Bonchev–Trinajstić information content (AvgIpc) is 2.78. The third-order valence-electron chi connectivity index (χ3n) is 3.33. The maximum absolute atomic E-state index is 12.3. The highest BCUT2D eigenvalue weighted by Crippen LogP contribution is 2.31. The van der Waals surface area contributed by atoms with Gasteiger partial charge in [-0.15, -0.1) is 0 Å². The fraction of sp³-hybridized carbons (Fsp3) is 0.375. The van der Waals surface area contributed by atoms with Crippen LogP contribution >= 0.6 is 27.7 Å². The molecule has 0 radical (unpaired) electrons. The van der Waals surface area contributed by atoms with Crippen LogP contribution in [0.2, 0.25) is 5.02 Å². The van der Waals surface area contributed by atoms with Gasteiger partial charge in [0.05, 0.1) is 34.9 Å². The van der Waals surface area contributed by atoms with Gasteiger partial charge in [-0.1, -0.05) is 17.7 Å². The van der Waals surface area contributed by atoms with Crippen molar-refractivity contribution in [3.8, 4) is 0 Å². The van der Waals surface area contributed by atoms with Gasteiger partial charge in [0, 0.05) is 16.8 Å². The van der Waals surface area contributed by atoms with Crippen molar-refractivity contribution in [3.05, 3.63) is 34.5 Å². The zero-order valence-corrected chi connectivity index (χ0v) is 15.2. The third kappa shape index (κ3) is 3.87. The van der Waals surface area contributed by atoms with Gasteiger partial charge < -0.3 is 9.47 Å². The van der Waals surface area contributed by atoms with Gasteiger partial charge in [-0.3, -0.25) is 8.39 Å². The highest BCUT2D eigenvalue weighted by molar-refractivity contribution is 9.08. The van der Waals surface area contributed by atoms with E-state index in [0.717, 1.165) is 16.5 Å². The van der Waals surface area contributed by atoms with E-state index in [1.807, 2.05) is 6.07 Å². The van der Waals surface area contributed by atoms with Crippen molar-refractivity contribution in [2.24, 2.45) is 0 Å². The fourth-order valence-electron chi connectivity index (χ4n) is 2.40. The summed E-state index contributed by atoms with van der Waals surface area (Å²) in [6.45, 7) is 4.10. The van der Waals surface area contributed by atoms with Gasteiger partial charge in [0.25, 0.3) is 0 Å². The van der Waals surface area contributed by atoms with Crippen molar-refractivity contribution >= 4 is 50.6 Å². The molecule has 1 aromatic heterocycles. The minimum Gasteiger partial charge on any atom is -0.466 e. The molecule has 0 aliphatic heterocycles. The van der Waals surface area contributed by atoms with Crippen molar-refractivity contribution in [2.75, 3.05) is 13.2 Å². The summed E-state index contributed by atoms with van der Waals surface area (Å²) >= 11 is 9.42. The van der Waals surface area contributed by atoms with Gasteiger partial charge in [-0.2, -0.15) is 0 Å². The number of rotatable bonds is 6. The Morgan fingerprint density at radius 2 is 1.91 bits per heavy atom. The van der Waals surface area contributed by atoms with Crippen LogP contribution in [0, 0.1) is 0 Å². The molecule has 0 saturated heterocycles. The van der Waals surface area contributed by atoms with Crippen LogP contribution in [0.25, 0.3) is 10.9 Å². The number of aromatic nitrogens is 1. The van der Waals surface area contributed by atoms with Gasteiger partial charge in [0.1, 0.15) is 5.69 Å². The zero-order chi connectivity index (χ0) is 17.0. The normalized spacial score (nSPS) is 10.8. The maximum Gasteiger partial charge on any atom is 0.356 e. The van der Waals surface area contributed by atoms with E-state index in [1.165, 1.54) is 0 Å². The molecule has 0 unspecified atom stereocenters. The van der Waals surface area contributed by atoms with Crippen molar-refractivity contribution in [2.45, 2.75) is 26.7 Å². The molecule has 0 bridgehead atoms. The number of halogens is 2. The number of ether oxygens (including phenoxy) is 2. The molecule has 2 rings (SSSR count). The lowest BCUT2D eigenvalue weighted by atomic mass is 10.1. The summed E-state index contributed by atoms with van der Waals surface area (Å²) in [4.78, 5) is 23.9. The van der Waals surface area contributed by atoms with Crippen LogP contribution < -0.4 is 0 Å². The standard InChI is InChI=1S/C16H17BrClNO4/c1-3-22-14(20)8-7-12-11-6-5-10(18)9-13(11)19(17)15(12)16(21)23-4-2/h5-6,9H,3-4,7-8H2,1-2H3. The Hall–Kier alpha value is -1.53. The van der Waals surface area contributed by atoms with E-state index in [4.69, 9.17) is 21.1 Å². The minimum atomic E-state index is -0.449. The van der Waals surface area contributed by atoms with E-state index < -0.39 is 5.97 Å². The number of nitrogens with zero attached hydrogens (tertiary/aromatic N) is 1. The van der Waals surface area contributed by atoms with Crippen LogP contribution in [0.15, 0.2) is 18.2 Å². The number of carbonyl (C=O) groups is 2. The first-order chi connectivity index (χ1) is 11.0. The molecule has 124 valence electrons. The number of hydrogen-bond donors (Lipinski definition) is 0. The Morgan fingerprint density at radius 1 is 1.22 bits per heavy atom. The lowest BCUT2D eigenvalue weighted by molar-refractivity contribution is -0.143. The van der Waals surface area contributed by atoms with Gasteiger partial charge in [-0.05, 0) is 38.0 Å². The van der Waals surface area contributed by atoms with E-state index in [9.17, 15) is 9.59 Å². The van der Waals surface area contributed by atoms with Crippen molar-refractivity contribution < 1.29 is 19.1 Å². The average molecular weight is 403 g/mol. The molecule has 0 aliphatic carbocycles. The molecule has 0 amide bonds. The highest BCUT2D eigenvalue weighted by Gasteiger charge is 2.23. The quantitative estimate of drug-likeness (QED) is 0.682.